The van der Waals surface area contributed by atoms with Crippen molar-refractivity contribution in [3.05, 3.63) is 65.6 Å². The summed E-state index contributed by atoms with van der Waals surface area (Å²) in [6.07, 6.45) is 0. The summed E-state index contributed by atoms with van der Waals surface area (Å²) < 4.78 is 15.7. The van der Waals surface area contributed by atoms with Crippen molar-refractivity contribution in [2.75, 3.05) is 11.9 Å². The highest BCUT2D eigenvalue weighted by Crippen LogP contribution is 2.26. The second-order valence-corrected chi connectivity index (χ2v) is 6.43. The summed E-state index contributed by atoms with van der Waals surface area (Å²) >= 11 is 0. The number of ether oxygens (including phenoxy) is 1. The largest absolute Gasteiger partial charge is 0.460 e. The summed E-state index contributed by atoms with van der Waals surface area (Å²) in [7, 11) is 0. The van der Waals surface area contributed by atoms with Crippen LogP contribution >= 0.6 is 0 Å². The van der Waals surface area contributed by atoms with Crippen molar-refractivity contribution in [3.8, 4) is 11.5 Å². The van der Waals surface area contributed by atoms with Gasteiger partial charge >= 0.3 is 5.97 Å². The highest BCUT2D eigenvalue weighted by molar-refractivity contribution is 6.05. The quantitative estimate of drug-likeness (QED) is 0.514. The fourth-order valence-electron chi connectivity index (χ4n) is 2.86. The molecule has 3 aromatic heterocycles. The topological polar surface area (TPSA) is 107 Å². The number of hydrogen-bond acceptors (Lipinski definition) is 7. The summed E-state index contributed by atoms with van der Waals surface area (Å²) in [6, 6.07) is 14.0. The molecule has 0 aliphatic rings. The van der Waals surface area contributed by atoms with E-state index in [0.717, 1.165) is 5.76 Å². The van der Waals surface area contributed by atoms with E-state index in [9.17, 15) is 9.59 Å². The van der Waals surface area contributed by atoms with E-state index in [-0.39, 0.29) is 5.82 Å². The standard InChI is InChI=1S/C21H17N3O5/c1-12-7-8-18(28-12)17-10-15(14-5-3-4-6-16(14)22-17)21(26)27-11-20(25)23-19-9-13(2)29-24-19/h3-10H,11H2,1-2H3,(H,23,24,25). The fourth-order valence-corrected chi connectivity index (χ4v) is 2.86. The average Bonchev–Trinajstić information content (AvgIpc) is 3.33. The molecule has 0 bridgehead atoms. The molecule has 8 nitrogen and oxygen atoms in total. The zero-order valence-electron chi connectivity index (χ0n) is 15.8. The Kier molecular flexibility index (Phi) is 4.82. The first kappa shape index (κ1) is 18.4. The molecule has 0 aliphatic heterocycles. The Morgan fingerprint density at radius 1 is 1.07 bits per heavy atom. The Bertz CT molecular complexity index is 1210. The number of esters is 1. The minimum atomic E-state index is -0.639. The molecule has 0 unspecified atom stereocenters. The van der Waals surface area contributed by atoms with Crippen LogP contribution < -0.4 is 5.32 Å². The van der Waals surface area contributed by atoms with Gasteiger partial charge in [-0.3, -0.25) is 4.79 Å². The molecule has 29 heavy (non-hydrogen) atoms. The lowest BCUT2D eigenvalue weighted by atomic mass is 10.1. The van der Waals surface area contributed by atoms with Crippen LogP contribution in [0.2, 0.25) is 0 Å². The van der Waals surface area contributed by atoms with Gasteiger partial charge in [0.2, 0.25) is 0 Å². The third-order valence-corrected chi connectivity index (χ3v) is 4.16. The maximum absolute atomic E-state index is 12.7. The molecule has 0 fully saturated rings. The number of aryl methyl sites for hydroxylation is 2. The van der Waals surface area contributed by atoms with E-state index in [1.165, 1.54) is 0 Å². The zero-order valence-corrected chi connectivity index (χ0v) is 15.8. The molecule has 0 atom stereocenters. The number of pyridine rings is 1. The number of carbonyl (C=O) groups excluding carboxylic acids is 2. The lowest BCUT2D eigenvalue weighted by molar-refractivity contribution is -0.119. The summed E-state index contributed by atoms with van der Waals surface area (Å²) in [5.74, 6) is 0.932. The van der Waals surface area contributed by atoms with Gasteiger partial charge in [0.1, 0.15) is 17.2 Å². The molecule has 4 aromatic rings. The van der Waals surface area contributed by atoms with Crippen LogP contribution in [0.4, 0.5) is 5.82 Å². The van der Waals surface area contributed by atoms with Crippen LogP contribution in [-0.2, 0) is 9.53 Å². The molecule has 146 valence electrons. The molecule has 1 N–H and O–H groups in total. The van der Waals surface area contributed by atoms with Crippen LogP contribution in [0, 0.1) is 13.8 Å². The van der Waals surface area contributed by atoms with E-state index in [1.54, 1.807) is 43.3 Å². The molecule has 8 heteroatoms. The number of hydrogen-bond donors (Lipinski definition) is 1. The van der Waals surface area contributed by atoms with Gasteiger partial charge in [-0.25, -0.2) is 9.78 Å². The highest BCUT2D eigenvalue weighted by Gasteiger charge is 2.18. The Balaban J connectivity index is 1.57. The lowest BCUT2D eigenvalue weighted by Crippen LogP contribution is -2.21. The molecular formula is C21H17N3O5. The fraction of sp³-hybridized carbons (Fsp3) is 0.143. The highest BCUT2D eigenvalue weighted by atomic mass is 16.5. The van der Waals surface area contributed by atoms with Gasteiger partial charge in [-0.05, 0) is 38.1 Å². The van der Waals surface area contributed by atoms with Gasteiger partial charge in [-0.1, -0.05) is 23.4 Å². The molecule has 3 heterocycles. The first-order valence-corrected chi connectivity index (χ1v) is 8.86. The van der Waals surface area contributed by atoms with Gasteiger partial charge in [-0.2, -0.15) is 0 Å². The van der Waals surface area contributed by atoms with E-state index in [0.29, 0.717) is 33.7 Å². The minimum absolute atomic E-state index is 0.258. The van der Waals surface area contributed by atoms with Crippen LogP contribution in [0.3, 0.4) is 0 Å². The van der Waals surface area contributed by atoms with Crippen LogP contribution in [-0.4, -0.2) is 28.6 Å². The minimum Gasteiger partial charge on any atom is -0.460 e. The van der Waals surface area contributed by atoms with E-state index >= 15 is 0 Å². The number of aromatic nitrogens is 2. The Labute approximate surface area is 165 Å². The number of carbonyl (C=O) groups is 2. The third-order valence-electron chi connectivity index (χ3n) is 4.16. The number of benzene rings is 1. The molecule has 0 aliphatic carbocycles. The predicted octanol–water partition coefficient (Wildman–Crippen LogP) is 3.90. The molecule has 1 amide bonds. The predicted molar refractivity (Wildman–Crippen MR) is 104 cm³/mol. The van der Waals surface area contributed by atoms with Crippen molar-refractivity contribution in [3.63, 3.8) is 0 Å². The third kappa shape index (κ3) is 4.01. The first-order valence-electron chi connectivity index (χ1n) is 8.86. The van der Waals surface area contributed by atoms with Gasteiger partial charge in [0, 0.05) is 11.5 Å². The number of anilines is 1. The van der Waals surface area contributed by atoms with E-state index in [4.69, 9.17) is 13.7 Å². The Morgan fingerprint density at radius 2 is 1.90 bits per heavy atom. The summed E-state index contributed by atoms with van der Waals surface area (Å²) in [5.41, 5.74) is 1.42. The summed E-state index contributed by atoms with van der Waals surface area (Å²) in [5, 5.41) is 6.78. The molecular weight excluding hydrogens is 374 g/mol. The van der Waals surface area contributed by atoms with Crippen LogP contribution in [0.1, 0.15) is 21.9 Å². The number of para-hydroxylation sites is 1. The van der Waals surface area contributed by atoms with Crippen molar-refractivity contribution in [2.45, 2.75) is 13.8 Å². The van der Waals surface area contributed by atoms with Gasteiger partial charge in [0.05, 0.1) is 11.1 Å². The van der Waals surface area contributed by atoms with Gasteiger partial charge < -0.3 is 19.0 Å². The monoisotopic (exact) mass is 391 g/mol. The maximum Gasteiger partial charge on any atom is 0.339 e. The van der Waals surface area contributed by atoms with Crippen molar-refractivity contribution >= 4 is 28.6 Å². The first-order chi connectivity index (χ1) is 14.0. The number of rotatable bonds is 5. The smallest absolute Gasteiger partial charge is 0.339 e. The van der Waals surface area contributed by atoms with Crippen molar-refractivity contribution in [1.29, 1.82) is 0 Å². The lowest BCUT2D eigenvalue weighted by Gasteiger charge is -2.09. The zero-order chi connectivity index (χ0) is 20.4. The van der Waals surface area contributed by atoms with Crippen LogP contribution in [0.15, 0.2) is 57.5 Å². The van der Waals surface area contributed by atoms with Crippen molar-refractivity contribution in [1.82, 2.24) is 10.1 Å². The number of fused-ring (bicyclic) bond motifs is 1. The average molecular weight is 391 g/mol. The molecule has 0 saturated carbocycles. The van der Waals surface area contributed by atoms with E-state index in [1.807, 2.05) is 19.1 Å². The van der Waals surface area contributed by atoms with Gasteiger partial charge in [0.25, 0.3) is 5.91 Å². The van der Waals surface area contributed by atoms with E-state index < -0.39 is 18.5 Å². The summed E-state index contributed by atoms with van der Waals surface area (Å²) in [6.45, 7) is 3.07. The second-order valence-electron chi connectivity index (χ2n) is 6.43. The number of amides is 1. The SMILES string of the molecule is Cc1cc(NC(=O)COC(=O)c2cc(-c3ccc(C)o3)nc3ccccc23)no1. The van der Waals surface area contributed by atoms with Crippen LogP contribution in [0.5, 0.6) is 0 Å². The number of furan rings is 1. The Hall–Kier alpha value is -3.94. The summed E-state index contributed by atoms with van der Waals surface area (Å²) in [4.78, 5) is 29.3. The van der Waals surface area contributed by atoms with E-state index in [2.05, 4.69) is 15.5 Å². The molecule has 0 spiro atoms. The molecule has 0 saturated heterocycles. The number of nitrogens with one attached hydrogen (secondary N) is 1. The second kappa shape index (κ2) is 7.59. The van der Waals surface area contributed by atoms with Crippen molar-refractivity contribution in [2.24, 2.45) is 0 Å². The van der Waals surface area contributed by atoms with Gasteiger partial charge in [0.15, 0.2) is 18.2 Å². The Morgan fingerprint density at radius 3 is 2.62 bits per heavy atom. The maximum atomic E-state index is 12.7. The normalized spacial score (nSPS) is 10.8. The van der Waals surface area contributed by atoms with Crippen LogP contribution in [0.25, 0.3) is 22.4 Å². The van der Waals surface area contributed by atoms with Crippen molar-refractivity contribution < 1.29 is 23.3 Å². The number of nitrogens with zero attached hydrogens (tertiary/aromatic N) is 2. The molecule has 4 rings (SSSR count). The van der Waals surface area contributed by atoms with Gasteiger partial charge in [-0.15, -0.1) is 0 Å². The molecule has 0 radical (unpaired) electrons. The molecule has 1 aromatic carbocycles.